The Kier molecular flexibility index (Phi) is 4.30. The largest absolute Gasteiger partial charge is 0.416 e. The maximum absolute atomic E-state index is 12.8. The van der Waals surface area contributed by atoms with E-state index in [-0.39, 0.29) is 14.9 Å². The first kappa shape index (κ1) is 16.2. The average Bonchev–Trinajstić information content (AvgIpc) is 2.40. The van der Waals surface area contributed by atoms with Gasteiger partial charge in [-0.15, -0.1) is 11.8 Å². The van der Waals surface area contributed by atoms with Crippen LogP contribution >= 0.6 is 23.5 Å². The Morgan fingerprint density at radius 3 is 2.52 bits per heavy atom. The second kappa shape index (κ2) is 5.56. The molecule has 0 aliphatic carbocycles. The van der Waals surface area contributed by atoms with E-state index < -0.39 is 34.7 Å². The van der Waals surface area contributed by atoms with Crippen molar-refractivity contribution in [3.8, 4) is 0 Å². The summed E-state index contributed by atoms with van der Waals surface area (Å²) in [7, 11) is 0. The van der Waals surface area contributed by atoms with Crippen LogP contribution in [0, 0.1) is 10.1 Å². The van der Waals surface area contributed by atoms with Crippen LogP contribution < -0.4 is 0 Å². The van der Waals surface area contributed by atoms with Gasteiger partial charge in [-0.3, -0.25) is 10.1 Å². The van der Waals surface area contributed by atoms with Gasteiger partial charge in [0, 0.05) is 16.1 Å². The molecule has 4 nitrogen and oxygen atoms in total. The molecule has 1 aliphatic rings. The fraction of sp³-hybridized carbons (Fsp3) is 0.364. The van der Waals surface area contributed by atoms with Gasteiger partial charge in [0.05, 0.1) is 15.4 Å². The Labute approximate surface area is 127 Å². The molecule has 0 fully saturated rings. The van der Waals surface area contributed by atoms with Crippen molar-refractivity contribution in [1.29, 1.82) is 0 Å². The van der Waals surface area contributed by atoms with E-state index in [0.29, 0.717) is 12.1 Å². The lowest BCUT2D eigenvalue weighted by atomic mass is 9.48. The number of benzene rings is 1. The molecule has 112 valence electrons. The highest BCUT2D eigenvalue weighted by Crippen LogP contribution is 2.46. The molecule has 1 unspecified atom stereocenters. The molecule has 0 radical (unpaired) electrons. The van der Waals surface area contributed by atoms with Crippen LogP contribution in [-0.2, 0) is 6.18 Å². The molecular formula is C11H9BF3NO3S2. The fourth-order valence-electron chi connectivity index (χ4n) is 2.06. The van der Waals surface area contributed by atoms with Gasteiger partial charge in [-0.25, -0.2) is 0 Å². The Morgan fingerprint density at radius 1 is 1.43 bits per heavy atom. The first-order valence-corrected chi connectivity index (χ1v) is 7.97. The smallest absolute Gasteiger partial charge is 0.306 e. The Balaban J connectivity index is 2.69. The van der Waals surface area contributed by atoms with Crippen molar-refractivity contribution >= 4 is 41.6 Å². The second-order valence-corrected chi connectivity index (χ2v) is 6.93. The molecule has 0 bridgehead atoms. The maximum Gasteiger partial charge on any atom is 0.416 e. The molecule has 0 saturated heterocycles. The van der Waals surface area contributed by atoms with Gasteiger partial charge in [0.25, 0.3) is 12.4 Å². The number of thioether (sulfide) groups is 2. The lowest BCUT2D eigenvalue weighted by molar-refractivity contribution is -0.388. The van der Waals surface area contributed by atoms with Crippen LogP contribution in [0.2, 0.25) is 6.82 Å². The fourth-order valence-corrected chi connectivity index (χ4v) is 4.37. The van der Waals surface area contributed by atoms with Crippen LogP contribution in [0.25, 0.3) is 0 Å². The van der Waals surface area contributed by atoms with Crippen molar-refractivity contribution in [3.05, 3.63) is 33.4 Å². The molecule has 2 rings (SSSR count). The summed E-state index contributed by atoms with van der Waals surface area (Å²) in [5.41, 5.74) is -2.53. The quantitative estimate of drug-likeness (QED) is 0.467. The summed E-state index contributed by atoms with van der Waals surface area (Å²) >= 11 is 2.42. The average molecular weight is 335 g/mol. The van der Waals surface area contributed by atoms with Gasteiger partial charge in [0.1, 0.15) is 5.68 Å². The van der Waals surface area contributed by atoms with Crippen molar-refractivity contribution in [2.24, 2.45) is 0 Å². The van der Waals surface area contributed by atoms with Gasteiger partial charge >= 0.3 is 6.18 Å². The van der Waals surface area contributed by atoms with Crippen LogP contribution in [0.3, 0.4) is 0 Å². The molecule has 1 aliphatic heterocycles. The first-order chi connectivity index (χ1) is 9.66. The zero-order valence-corrected chi connectivity index (χ0v) is 12.6. The summed E-state index contributed by atoms with van der Waals surface area (Å²) in [6.07, 6.45) is -2.98. The van der Waals surface area contributed by atoms with Crippen molar-refractivity contribution in [2.75, 3.05) is 6.26 Å². The van der Waals surface area contributed by atoms with E-state index in [4.69, 9.17) is 0 Å². The zero-order valence-electron chi connectivity index (χ0n) is 10.9. The number of nitro benzene ring substituents is 1. The molecule has 0 spiro atoms. The van der Waals surface area contributed by atoms with Gasteiger partial charge in [0.15, 0.2) is 0 Å². The lowest BCUT2D eigenvalue weighted by Crippen LogP contribution is -2.36. The highest BCUT2D eigenvalue weighted by molar-refractivity contribution is 8.19. The molecule has 0 amide bonds. The molecule has 1 aromatic rings. The maximum atomic E-state index is 12.8. The van der Waals surface area contributed by atoms with Crippen LogP contribution in [0.15, 0.2) is 17.0 Å². The molecule has 0 N–H and O–H groups in total. The third-order valence-corrected chi connectivity index (χ3v) is 6.19. The number of rotatable bonds is 2. The number of hydrogen-bond donors (Lipinski definition) is 0. The molecule has 1 aromatic carbocycles. The van der Waals surface area contributed by atoms with Crippen molar-refractivity contribution in [2.45, 2.75) is 22.4 Å². The number of hydrogen-bond acceptors (Lipinski definition) is 5. The number of halogens is 3. The van der Waals surface area contributed by atoms with E-state index in [1.165, 1.54) is 11.8 Å². The summed E-state index contributed by atoms with van der Waals surface area (Å²) in [6.45, 7) is 1.12. The predicted octanol–water partition coefficient (Wildman–Crippen LogP) is 3.79. The van der Waals surface area contributed by atoms with Crippen molar-refractivity contribution < 1.29 is 22.9 Å². The SMILES string of the molecule is CSC1Sc2c(cc(C(F)(F)F)cc2[N+](=O)[O-])C(=O)B1C. The standard InChI is InChI=1S/C11H9BF3NO3S2/c1-12-9(17)6-3-5(11(13,14)15)4-7(16(18)19)8(6)21-10(12)20-2/h3-4,10H,1-2H3. The minimum absolute atomic E-state index is 0.0236. The van der Waals surface area contributed by atoms with Gasteiger partial charge < -0.3 is 4.79 Å². The third-order valence-electron chi connectivity index (χ3n) is 3.15. The van der Waals surface area contributed by atoms with Gasteiger partial charge in [-0.1, -0.05) is 6.82 Å². The minimum atomic E-state index is -4.73. The van der Waals surface area contributed by atoms with Gasteiger partial charge in [-0.05, 0) is 12.3 Å². The molecule has 1 atom stereocenters. The second-order valence-electron chi connectivity index (χ2n) is 4.50. The number of carbonyl (C=O) groups excluding carboxylic acids is 1. The lowest BCUT2D eigenvalue weighted by Gasteiger charge is -2.26. The highest BCUT2D eigenvalue weighted by Gasteiger charge is 2.42. The van der Waals surface area contributed by atoms with Crippen LogP contribution in [0.4, 0.5) is 18.9 Å². The molecule has 1 heterocycles. The van der Waals surface area contributed by atoms with Crippen LogP contribution in [0.1, 0.15) is 15.9 Å². The number of alkyl halides is 3. The summed E-state index contributed by atoms with van der Waals surface area (Å²) in [6, 6.07) is 1.21. The Morgan fingerprint density at radius 2 is 2.05 bits per heavy atom. The predicted molar refractivity (Wildman–Crippen MR) is 77.2 cm³/mol. The van der Waals surface area contributed by atoms with E-state index in [2.05, 4.69) is 0 Å². The molecular weight excluding hydrogens is 326 g/mol. The highest BCUT2D eigenvalue weighted by atomic mass is 32.2. The topological polar surface area (TPSA) is 60.2 Å². The summed E-state index contributed by atoms with van der Waals surface area (Å²) < 4.78 is 38.2. The minimum Gasteiger partial charge on any atom is -0.306 e. The molecule has 10 heteroatoms. The Bertz CT molecular complexity index is 623. The monoisotopic (exact) mass is 335 g/mol. The van der Waals surface area contributed by atoms with Crippen LogP contribution in [-0.4, -0.2) is 28.1 Å². The number of nitro groups is 1. The van der Waals surface area contributed by atoms with E-state index in [1.54, 1.807) is 13.1 Å². The van der Waals surface area contributed by atoms with Crippen LogP contribution in [0.5, 0.6) is 0 Å². The zero-order chi connectivity index (χ0) is 15.9. The van der Waals surface area contributed by atoms with E-state index in [9.17, 15) is 28.1 Å². The number of nitrogens with zero attached hydrogens (tertiary/aromatic N) is 1. The van der Waals surface area contributed by atoms with E-state index in [1.807, 2.05) is 0 Å². The first-order valence-electron chi connectivity index (χ1n) is 5.80. The third kappa shape index (κ3) is 2.91. The molecule has 0 saturated carbocycles. The van der Waals surface area contributed by atoms with Crippen molar-refractivity contribution in [3.63, 3.8) is 0 Å². The van der Waals surface area contributed by atoms with E-state index >= 15 is 0 Å². The van der Waals surface area contributed by atoms with Gasteiger partial charge in [0.2, 0.25) is 0 Å². The molecule has 21 heavy (non-hydrogen) atoms. The molecule has 0 aromatic heterocycles. The summed E-state index contributed by atoms with van der Waals surface area (Å²) in [5, 5.41) is 11.0. The summed E-state index contributed by atoms with van der Waals surface area (Å²) in [4.78, 5) is 22.4. The number of carbonyl (C=O) groups is 1. The van der Waals surface area contributed by atoms with Crippen molar-refractivity contribution in [1.82, 2.24) is 0 Å². The normalized spacial score (nSPS) is 18.6. The summed E-state index contributed by atoms with van der Waals surface area (Å²) in [5.74, 6) is 0. The van der Waals surface area contributed by atoms with E-state index in [0.717, 1.165) is 11.8 Å². The Hall–Kier alpha value is -1.16. The van der Waals surface area contributed by atoms with Gasteiger partial charge in [-0.2, -0.15) is 24.9 Å². The number of fused-ring (bicyclic) bond motifs is 1.